The van der Waals surface area contributed by atoms with Gasteiger partial charge in [-0.3, -0.25) is 10.1 Å². The van der Waals surface area contributed by atoms with E-state index >= 15 is 0 Å². The van der Waals surface area contributed by atoms with E-state index in [4.69, 9.17) is 10.7 Å². The average molecular weight is 290 g/mol. The van der Waals surface area contributed by atoms with Crippen molar-refractivity contribution >= 4 is 25.4 Å². The summed E-state index contributed by atoms with van der Waals surface area (Å²) >= 11 is 0. The van der Waals surface area contributed by atoms with Crippen LogP contribution in [0.5, 0.6) is 0 Å². The maximum atomic E-state index is 12.6. The third-order valence-corrected chi connectivity index (χ3v) is 3.11. The number of nitro groups is 1. The van der Waals surface area contributed by atoms with Crippen LogP contribution in [0.3, 0.4) is 0 Å². The number of halogens is 4. The minimum absolute atomic E-state index is 0.550. The van der Waals surface area contributed by atoms with Crippen molar-refractivity contribution in [2.45, 2.75) is 11.1 Å². The van der Waals surface area contributed by atoms with Crippen molar-refractivity contribution < 1.29 is 26.5 Å². The second kappa shape index (κ2) is 4.15. The SMILES string of the molecule is O=[N+]([O-])c1cccc(S(=O)(=O)Cl)c1C(F)(F)F. The Morgan fingerprint density at radius 2 is 1.82 bits per heavy atom. The van der Waals surface area contributed by atoms with Gasteiger partial charge >= 0.3 is 6.18 Å². The first-order valence-electron chi connectivity index (χ1n) is 3.84. The van der Waals surface area contributed by atoms with E-state index in [2.05, 4.69) is 0 Å². The summed E-state index contributed by atoms with van der Waals surface area (Å²) in [4.78, 5) is 7.76. The van der Waals surface area contributed by atoms with Gasteiger partial charge in [-0.05, 0) is 6.07 Å². The van der Waals surface area contributed by atoms with E-state index in [1.807, 2.05) is 0 Å². The molecule has 0 bridgehead atoms. The van der Waals surface area contributed by atoms with E-state index in [0.717, 1.165) is 6.07 Å². The first-order chi connectivity index (χ1) is 7.55. The fourth-order valence-electron chi connectivity index (χ4n) is 1.16. The Morgan fingerprint density at radius 1 is 1.29 bits per heavy atom. The fraction of sp³-hybridized carbons (Fsp3) is 0.143. The van der Waals surface area contributed by atoms with Gasteiger partial charge in [0.05, 0.1) is 4.92 Å². The molecule has 1 aromatic rings. The van der Waals surface area contributed by atoms with Crippen LogP contribution in [0, 0.1) is 10.1 Å². The Hall–Kier alpha value is -1.35. The lowest BCUT2D eigenvalue weighted by atomic mass is 10.2. The second-order valence-corrected chi connectivity index (χ2v) is 5.38. The van der Waals surface area contributed by atoms with Gasteiger partial charge in [0.25, 0.3) is 14.7 Å². The van der Waals surface area contributed by atoms with Crippen LogP contribution in [0.25, 0.3) is 0 Å². The number of nitro benzene ring substituents is 1. The van der Waals surface area contributed by atoms with Gasteiger partial charge in [-0.15, -0.1) is 0 Å². The van der Waals surface area contributed by atoms with E-state index in [9.17, 15) is 31.7 Å². The van der Waals surface area contributed by atoms with Crippen molar-refractivity contribution in [2.24, 2.45) is 0 Å². The highest BCUT2D eigenvalue weighted by atomic mass is 35.7. The van der Waals surface area contributed by atoms with Gasteiger partial charge in [0, 0.05) is 16.7 Å². The van der Waals surface area contributed by atoms with Crippen LogP contribution in [-0.4, -0.2) is 13.3 Å². The molecule has 0 aliphatic carbocycles. The molecule has 10 heteroatoms. The molecule has 5 nitrogen and oxygen atoms in total. The molecular weight excluding hydrogens is 287 g/mol. The molecule has 0 aliphatic rings. The summed E-state index contributed by atoms with van der Waals surface area (Å²) in [5, 5.41) is 10.4. The van der Waals surface area contributed by atoms with Gasteiger partial charge < -0.3 is 0 Å². The normalized spacial score (nSPS) is 12.5. The zero-order valence-corrected chi connectivity index (χ0v) is 9.30. The van der Waals surface area contributed by atoms with E-state index in [0.29, 0.717) is 12.1 Å². The number of hydrogen-bond donors (Lipinski definition) is 0. The first kappa shape index (κ1) is 13.7. The highest BCUT2D eigenvalue weighted by Gasteiger charge is 2.43. The Morgan fingerprint density at radius 3 is 2.18 bits per heavy atom. The van der Waals surface area contributed by atoms with Gasteiger partial charge in [0.1, 0.15) is 4.90 Å². The van der Waals surface area contributed by atoms with Gasteiger partial charge in [-0.1, -0.05) is 6.07 Å². The zero-order valence-electron chi connectivity index (χ0n) is 7.73. The van der Waals surface area contributed by atoms with Crippen molar-refractivity contribution in [1.82, 2.24) is 0 Å². The summed E-state index contributed by atoms with van der Waals surface area (Å²) in [6.45, 7) is 0. The van der Waals surface area contributed by atoms with Crippen LogP contribution in [0.4, 0.5) is 18.9 Å². The standard InChI is InChI=1S/C7H3ClF3NO4S/c8-17(15,16)5-3-1-2-4(12(13)14)6(5)7(9,10)11/h1-3H. The molecule has 0 radical (unpaired) electrons. The third-order valence-electron chi connectivity index (χ3n) is 1.75. The van der Waals surface area contributed by atoms with E-state index in [1.54, 1.807) is 0 Å². The van der Waals surface area contributed by atoms with Gasteiger partial charge in [0.2, 0.25) is 0 Å². The Kier molecular flexibility index (Phi) is 3.35. The lowest BCUT2D eigenvalue weighted by molar-refractivity contribution is -0.388. The average Bonchev–Trinajstić information content (AvgIpc) is 2.13. The summed E-state index contributed by atoms with van der Waals surface area (Å²) in [5.41, 5.74) is -3.24. The molecular formula is C7H3ClF3NO4S. The van der Waals surface area contributed by atoms with Crippen LogP contribution >= 0.6 is 10.7 Å². The second-order valence-electron chi connectivity index (χ2n) is 2.84. The summed E-state index contributed by atoms with van der Waals surface area (Å²) in [5.74, 6) is 0. The Balaban J connectivity index is 3.76. The molecule has 0 aromatic heterocycles. The van der Waals surface area contributed by atoms with Crippen LogP contribution < -0.4 is 0 Å². The molecule has 0 unspecified atom stereocenters. The third kappa shape index (κ3) is 2.86. The van der Waals surface area contributed by atoms with Crippen LogP contribution in [0.1, 0.15) is 5.56 Å². The molecule has 0 heterocycles. The van der Waals surface area contributed by atoms with Crippen molar-refractivity contribution in [3.8, 4) is 0 Å². The predicted molar refractivity (Wildman–Crippen MR) is 51.1 cm³/mol. The summed E-state index contributed by atoms with van der Waals surface area (Å²) in [6.07, 6.45) is -5.19. The molecule has 0 saturated heterocycles. The molecule has 0 saturated carbocycles. The number of benzene rings is 1. The fourth-order valence-corrected chi connectivity index (χ4v) is 2.25. The van der Waals surface area contributed by atoms with Crippen LogP contribution in [0.15, 0.2) is 23.1 Å². The summed E-state index contributed by atoms with van der Waals surface area (Å²) < 4.78 is 59.6. The first-order valence-corrected chi connectivity index (χ1v) is 6.15. The number of hydrogen-bond acceptors (Lipinski definition) is 4. The van der Waals surface area contributed by atoms with Crippen molar-refractivity contribution in [1.29, 1.82) is 0 Å². The molecule has 17 heavy (non-hydrogen) atoms. The maximum Gasteiger partial charge on any atom is 0.424 e. The zero-order chi connectivity index (χ0) is 13.4. The Labute approximate surface area is 97.4 Å². The van der Waals surface area contributed by atoms with Crippen molar-refractivity contribution in [3.63, 3.8) is 0 Å². The topological polar surface area (TPSA) is 77.3 Å². The van der Waals surface area contributed by atoms with E-state index in [-0.39, 0.29) is 0 Å². The lowest BCUT2D eigenvalue weighted by Crippen LogP contribution is -2.13. The Bertz CT molecular complexity index is 569. The molecule has 0 spiro atoms. The monoisotopic (exact) mass is 289 g/mol. The molecule has 0 fully saturated rings. The molecule has 1 aromatic carbocycles. The van der Waals surface area contributed by atoms with Gasteiger partial charge in [-0.2, -0.15) is 13.2 Å². The van der Waals surface area contributed by atoms with E-state index < -0.39 is 36.3 Å². The molecule has 0 atom stereocenters. The van der Waals surface area contributed by atoms with Crippen molar-refractivity contribution in [2.75, 3.05) is 0 Å². The number of rotatable bonds is 2. The maximum absolute atomic E-state index is 12.6. The highest BCUT2D eigenvalue weighted by Crippen LogP contribution is 2.41. The van der Waals surface area contributed by atoms with Gasteiger partial charge in [0.15, 0.2) is 5.56 Å². The quantitative estimate of drug-likeness (QED) is 0.476. The molecule has 0 amide bonds. The molecule has 0 aliphatic heterocycles. The number of nitrogens with zero attached hydrogens (tertiary/aromatic N) is 1. The smallest absolute Gasteiger partial charge is 0.258 e. The minimum atomic E-state index is -5.19. The summed E-state index contributed by atoms with van der Waals surface area (Å²) in [6, 6.07) is 1.91. The molecule has 94 valence electrons. The van der Waals surface area contributed by atoms with E-state index in [1.165, 1.54) is 0 Å². The lowest BCUT2D eigenvalue weighted by Gasteiger charge is -2.10. The van der Waals surface area contributed by atoms with Gasteiger partial charge in [-0.25, -0.2) is 8.42 Å². The molecule has 1 rings (SSSR count). The van der Waals surface area contributed by atoms with Crippen LogP contribution in [0.2, 0.25) is 0 Å². The largest absolute Gasteiger partial charge is 0.424 e. The van der Waals surface area contributed by atoms with Crippen molar-refractivity contribution in [3.05, 3.63) is 33.9 Å². The molecule has 0 N–H and O–H groups in total. The highest BCUT2D eigenvalue weighted by molar-refractivity contribution is 8.13. The van der Waals surface area contributed by atoms with Crippen LogP contribution in [-0.2, 0) is 15.2 Å². The summed E-state index contributed by atoms with van der Waals surface area (Å²) in [7, 11) is 0.0712. The number of alkyl halides is 3. The minimum Gasteiger partial charge on any atom is -0.258 e. The predicted octanol–water partition coefficient (Wildman–Crippen LogP) is 2.54.